The number of rotatable bonds is 0. The van der Waals surface area contributed by atoms with Crippen molar-refractivity contribution in [1.82, 2.24) is 5.32 Å². The van der Waals surface area contributed by atoms with Gasteiger partial charge in [-0.05, 0) is 18.4 Å². The molecule has 0 saturated carbocycles. The van der Waals surface area contributed by atoms with Crippen LogP contribution in [0.25, 0.3) is 0 Å². The van der Waals surface area contributed by atoms with Crippen molar-refractivity contribution in [2.75, 3.05) is 6.54 Å². The largest absolute Gasteiger partial charge is 0.289 e. The van der Waals surface area contributed by atoms with E-state index in [0.29, 0.717) is 0 Å². The zero-order valence-corrected chi connectivity index (χ0v) is 5.43. The highest BCUT2D eigenvalue weighted by Crippen LogP contribution is 2.25. The summed E-state index contributed by atoms with van der Waals surface area (Å²) in [5.41, 5.74) is 2.95. The fourth-order valence-electron chi connectivity index (χ4n) is 1.43. The maximum Gasteiger partial charge on any atom is 0.0430 e. The summed E-state index contributed by atoms with van der Waals surface area (Å²) in [6.07, 6.45) is 7.95. The summed E-state index contributed by atoms with van der Waals surface area (Å²) in [5.74, 6) is 0. The molecule has 0 N–H and O–H groups in total. The Hall–Kier alpha value is -0.720. The number of hydrogen-bond donors (Lipinski definition) is 0. The molecule has 1 heteroatoms. The molecule has 1 nitrogen and oxygen atoms in total. The number of nitrogens with zero attached hydrogens (tertiary/aromatic N) is 1. The van der Waals surface area contributed by atoms with Gasteiger partial charge in [0, 0.05) is 18.7 Å². The summed E-state index contributed by atoms with van der Waals surface area (Å²) in [4.78, 5) is 0. The van der Waals surface area contributed by atoms with Crippen LogP contribution in [0.3, 0.4) is 0 Å². The molecule has 9 heavy (non-hydrogen) atoms. The highest BCUT2D eigenvalue weighted by Gasteiger charge is 2.14. The summed E-state index contributed by atoms with van der Waals surface area (Å²) in [6, 6.07) is 0. The van der Waals surface area contributed by atoms with Crippen molar-refractivity contribution in [3.63, 3.8) is 0 Å². The Morgan fingerprint density at radius 2 is 2.11 bits per heavy atom. The van der Waals surface area contributed by atoms with Crippen LogP contribution in [0.2, 0.25) is 0 Å². The Labute approximate surface area is 55.5 Å². The molecule has 0 amide bonds. The second-order valence-electron chi connectivity index (χ2n) is 2.56. The van der Waals surface area contributed by atoms with Gasteiger partial charge in [0.25, 0.3) is 0 Å². The molecule has 0 aromatic carbocycles. The smallest absolute Gasteiger partial charge is 0.0430 e. The lowest BCUT2D eigenvalue weighted by molar-refractivity contribution is 0.839. The molecule has 0 aromatic heterocycles. The van der Waals surface area contributed by atoms with E-state index in [0.717, 1.165) is 13.0 Å². The van der Waals surface area contributed by atoms with E-state index in [1.54, 1.807) is 5.57 Å². The van der Waals surface area contributed by atoms with Crippen molar-refractivity contribution < 1.29 is 0 Å². The third-order valence-corrected chi connectivity index (χ3v) is 1.97. The minimum atomic E-state index is 1.05. The molecular formula is C8H10N. The van der Waals surface area contributed by atoms with Gasteiger partial charge in [0.15, 0.2) is 0 Å². The molecule has 0 unspecified atom stereocenters. The lowest BCUT2D eigenvalue weighted by Gasteiger charge is -2.04. The first-order valence-corrected chi connectivity index (χ1v) is 3.50. The van der Waals surface area contributed by atoms with Gasteiger partial charge >= 0.3 is 0 Å². The van der Waals surface area contributed by atoms with Crippen molar-refractivity contribution in [3.8, 4) is 0 Å². The standard InChI is InChI=1S/C8H10N/c1-2-4-8-7(3-1)5-6-9-8/h1-2H,3-6H2. The first-order valence-electron chi connectivity index (χ1n) is 3.50. The van der Waals surface area contributed by atoms with Crippen molar-refractivity contribution in [3.05, 3.63) is 23.4 Å². The second kappa shape index (κ2) is 1.90. The molecule has 0 aromatic rings. The van der Waals surface area contributed by atoms with Gasteiger partial charge in [0.1, 0.15) is 0 Å². The van der Waals surface area contributed by atoms with Crippen molar-refractivity contribution >= 4 is 0 Å². The molecule has 1 heterocycles. The Kier molecular flexibility index (Phi) is 1.08. The van der Waals surface area contributed by atoms with Gasteiger partial charge in [0.05, 0.1) is 0 Å². The summed E-state index contributed by atoms with van der Waals surface area (Å²) < 4.78 is 0. The fraction of sp³-hybridized carbons (Fsp3) is 0.500. The van der Waals surface area contributed by atoms with Crippen LogP contribution >= 0.6 is 0 Å². The zero-order valence-electron chi connectivity index (χ0n) is 5.43. The minimum Gasteiger partial charge on any atom is -0.289 e. The van der Waals surface area contributed by atoms with E-state index in [4.69, 9.17) is 0 Å². The monoisotopic (exact) mass is 120 g/mol. The Morgan fingerprint density at radius 3 is 3.00 bits per heavy atom. The molecule has 1 aliphatic carbocycles. The van der Waals surface area contributed by atoms with E-state index in [1.165, 1.54) is 18.5 Å². The third-order valence-electron chi connectivity index (χ3n) is 1.97. The minimum absolute atomic E-state index is 1.05. The predicted octanol–water partition coefficient (Wildman–Crippen LogP) is 1.60. The predicted molar refractivity (Wildman–Crippen MR) is 37.0 cm³/mol. The number of hydrogen-bond acceptors (Lipinski definition) is 0. The highest BCUT2D eigenvalue weighted by molar-refractivity contribution is 5.26. The van der Waals surface area contributed by atoms with E-state index in [9.17, 15) is 0 Å². The van der Waals surface area contributed by atoms with Gasteiger partial charge in [-0.25, -0.2) is 0 Å². The highest BCUT2D eigenvalue weighted by atomic mass is 14.9. The van der Waals surface area contributed by atoms with Crippen LogP contribution in [0.15, 0.2) is 23.4 Å². The molecule has 0 bridgehead atoms. The molecule has 0 saturated heterocycles. The maximum atomic E-state index is 4.39. The summed E-state index contributed by atoms with van der Waals surface area (Å²) >= 11 is 0. The zero-order chi connectivity index (χ0) is 6.10. The molecule has 47 valence electrons. The molecule has 0 spiro atoms. The van der Waals surface area contributed by atoms with Gasteiger partial charge < -0.3 is 0 Å². The second-order valence-corrected chi connectivity index (χ2v) is 2.56. The first kappa shape index (κ1) is 5.10. The van der Waals surface area contributed by atoms with Crippen LogP contribution in [0.4, 0.5) is 0 Å². The van der Waals surface area contributed by atoms with E-state index in [2.05, 4.69) is 17.5 Å². The van der Waals surface area contributed by atoms with Crippen LogP contribution in [0.5, 0.6) is 0 Å². The van der Waals surface area contributed by atoms with Crippen LogP contribution < -0.4 is 5.32 Å². The summed E-state index contributed by atoms with van der Waals surface area (Å²) in [6.45, 7) is 1.05. The quantitative estimate of drug-likeness (QED) is 0.431. The molecule has 1 aliphatic heterocycles. The average Bonchev–Trinajstić information content (AvgIpc) is 2.33. The average molecular weight is 120 g/mol. The molecule has 1 radical (unpaired) electrons. The SMILES string of the molecule is C1=CCC2=C(C1)CC[N]2. The summed E-state index contributed by atoms with van der Waals surface area (Å²) in [7, 11) is 0. The normalized spacial score (nSPS) is 24.0. The van der Waals surface area contributed by atoms with E-state index in [-0.39, 0.29) is 0 Å². The van der Waals surface area contributed by atoms with Crippen molar-refractivity contribution in [2.24, 2.45) is 0 Å². The van der Waals surface area contributed by atoms with Crippen LogP contribution in [-0.4, -0.2) is 6.54 Å². The van der Waals surface area contributed by atoms with Gasteiger partial charge in [-0.1, -0.05) is 12.2 Å². The lowest BCUT2D eigenvalue weighted by Crippen LogP contribution is -1.97. The Bertz CT molecular complexity index is 159. The van der Waals surface area contributed by atoms with E-state index >= 15 is 0 Å². The fourth-order valence-corrected chi connectivity index (χ4v) is 1.43. The Morgan fingerprint density at radius 1 is 1.22 bits per heavy atom. The van der Waals surface area contributed by atoms with Crippen LogP contribution in [0.1, 0.15) is 19.3 Å². The topological polar surface area (TPSA) is 14.1 Å². The van der Waals surface area contributed by atoms with Gasteiger partial charge in [-0.2, -0.15) is 0 Å². The van der Waals surface area contributed by atoms with Crippen molar-refractivity contribution in [2.45, 2.75) is 19.3 Å². The molecule has 2 aliphatic rings. The van der Waals surface area contributed by atoms with E-state index in [1.807, 2.05) is 0 Å². The van der Waals surface area contributed by atoms with Crippen molar-refractivity contribution in [1.29, 1.82) is 0 Å². The first-order chi connectivity index (χ1) is 4.47. The van der Waals surface area contributed by atoms with Crippen LogP contribution in [0, 0.1) is 0 Å². The Balaban J connectivity index is 2.21. The summed E-state index contributed by atoms with van der Waals surface area (Å²) in [5, 5.41) is 4.39. The molecule has 0 fully saturated rings. The van der Waals surface area contributed by atoms with E-state index < -0.39 is 0 Å². The van der Waals surface area contributed by atoms with Gasteiger partial charge in [-0.3, -0.25) is 5.32 Å². The molecular weight excluding hydrogens is 110 g/mol. The number of allylic oxidation sites excluding steroid dienone is 2. The maximum absolute atomic E-state index is 4.39. The molecule has 0 atom stereocenters. The molecule has 2 rings (SSSR count). The van der Waals surface area contributed by atoms with Gasteiger partial charge in [-0.15, -0.1) is 0 Å². The van der Waals surface area contributed by atoms with Crippen LogP contribution in [-0.2, 0) is 0 Å². The third kappa shape index (κ3) is 0.766. The van der Waals surface area contributed by atoms with Gasteiger partial charge in [0.2, 0.25) is 0 Å². The lowest BCUT2D eigenvalue weighted by atomic mass is 10.0.